The zero-order chi connectivity index (χ0) is 13.5. The van der Waals surface area contributed by atoms with E-state index >= 15 is 0 Å². The summed E-state index contributed by atoms with van der Waals surface area (Å²) in [4.78, 5) is 3.69. The van der Waals surface area contributed by atoms with Gasteiger partial charge in [0, 0.05) is 11.4 Å². The fourth-order valence-corrected chi connectivity index (χ4v) is 3.28. The van der Waals surface area contributed by atoms with Gasteiger partial charge in [0.2, 0.25) is 0 Å². The van der Waals surface area contributed by atoms with Crippen molar-refractivity contribution in [3.8, 4) is 0 Å². The molecule has 1 heteroatoms. The third kappa shape index (κ3) is 4.40. The number of unbranched alkanes of at least 4 members (excludes halogenated alkanes) is 5. The first-order chi connectivity index (χ1) is 9.31. The van der Waals surface area contributed by atoms with Gasteiger partial charge in [0.15, 0.2) is 0 Å². The summed E-state index contributed by atoms with van der Waals surface area (Å²) in [5.74, 6) is 0.719. The Labute approximate surface area is 119 Å². The van der Waals surface area contributed by atoms with Crippen molar-refractivity contribution in [1.29, 1.82) is 0 Å². The fourth-order valence-electron chi connectivity index (χ4n) is 3.28. The van der Waals surface area contributed by atoms with Gasteiger partial charge in [-0.2, -0.15) is 0 Å². The van der Waals surface area contributed by atoms with Crippen LogP contribution in [0.1, 0.15) is 94.5 Å². The molecular formula is C18H31N. The molecule has 1 unspecified atom stereocenters. The molecule has 1 aromatic rings. The van der Waals surface area contributed by atoms with Crippen LogP contribution in [0, 0.1) is 0 Å². The van der Waals surface area contributed by atoms with Crippen molar-refractivity contribution in [2.75, 3.05) is 0 Å². The Hall–Kier alpha value is -0.720. The third-order valence-electron chi connectivity index (χ3n) is 4.66. The van der Waals surface area contributed by atoms with Gasteiger partial charge in [0.25, 0.3) is 0 Å². The molecule has 0 aliphatic heterocycles. The second-order valence-electron chi connectivity index (χ2n) is 6.39. The predicted molar refractivity (Wildman–Crippen MR) is 83.8 cm³/mol. The topological polar surface area (TPSA) is 15.8 Å². The van der Waals surface area contributed by atoms with Gasteiger partial charge in [-0.05, 0) is 49.7 Å². The van der Waals surface area contributed by atoms with Crippen LogP contribution in [0.3, 0.4) is 0 Å². The second-order valence-corrected chi connectivity index (χ2v) is 6.39. The number of aryl methyl sites for hydroxylation is 2. The van der Waals surface area contributed by atoms with E-state index in [1.54, 1.807) is 5.56 Å². The molecule has 0 spiro atoms. The molecule has 0 saturated carbocycles. The second kappa shape index (κ2) is 7.77. The molecule has 0 amide bonds. The molecule has 1 aliphatic carbocycles. The number of aromatic amines is 1. The predicted octanol–water partition coefficient (Wildman–Crippen LogP) is 5.75. The van der Waals surface area contributed by atoms with Crippen molar-refractivity contribution in [2.45, 2.75) is 90.4 Å². The molecule has 0 aromatic carbocycles. The quantitative estimate of drug-likeness (QED) is 0.574. The van der Waals surface area contributed by atoms with Gasteiger partial charge >= 0.3 is 0 Å². The highest BCUT2D eigenvalue weighted by Crippen LogP contribution is 2.27. The number of H-pyrrole nitrogens is 1. The summed E-state index contributed by atoms with van der Waals surface area (Å²) in [6, 6.07) is 2.45. The molecule has 0 saturated heterocycles. The number of hydrogen-bond donors (Lipinski definition) is 1. The average Bonchev–Trinajstić information content (AvgIpc) is 2.86. The molecule has 0 bridgehead atoms. The van der Waals surface area contributed by atoms with Crippen LogP contribution in [0.2, 0.25) is 0 Å². The minimum Gasteiger partial charge on any atom is -0.362 e. The van der Waals surface area contributed by atoms with Gasteiger partial charge < -0.3 is 4.98 Å². The maximum absolute atomic E-state index is 3.69. The van der Waals surface area contributed by atoms with Crippen molar-refractivity contribution in [1.82, 2.24) is 4.98 Å². The SMILES string of the molecule is CCCCCCCCC(C)c1cc2c([nH]1)CCCC2. The van der Waals surface area contributed by atoms with Crippen LogP contribution < -0.4 is 0 Å². The number of rotatable bonds is 8. The minimum absolute atomic E-state index is 0.719. The lowest BCUT2D eigenvalue weighted by Gasteiger charge is -2.10. The van der Waals surface area contributed by atoms with E-state index in [4.69, 9.17) is 0 Å². The summed E-state index contributed by atoms with van der Waals surface area (Å²) in [6.45, 7) is 4.68. The standard InChI is InChI=1S/C18H31N/c1-3-4-5-6-7-8-11-15(2)18-14-16-12-9-10-13-17(16)19-18/h14-15,19H,3-13H2,1-2H3. The van der Waals surface area contributed by atoms with Crippen LogP contribution >= 0.6 is 0 Å². The highest BCUT2D eigenvalue weighted by molar-refractivity contribution is 5.29. The largest absolute Gasteiger partial charge is 0.362 e. The molecule has 1 nitrogen and oxygen atoms in total. The molecule has 1 aliphatic rings. The van der Waals surface area contributed by atoms with E-state index in [0.29, 0.717) is 0 Å². The van der Waals surface area contributed by atoms with Crippen LogP contribution in [0.5, 0.6) is 0 Å². The van der Waals surface area contributed by atoms with Gasteiger partial charge in [-0.3, -0.25) is 0 Å². The Morgan fingerprint density at radius 2 is 1.79 bits per heavy atom. The summed E-state index contributed by atoms with van der Waals surface area (Å²) in [7, 11) is 0. The zero-order valence-electron chi connectivity index (χ0n) is 12.9. The Balaban J connectivity index is 1.70. The summed E-state index contributed by atoms with van der Waals surface area (Å²) in [5.41, 5.74) is 4.65. The molecule has 1 aromatic heterocycles. The zero-order valence-corrected chi connectivity index (χ0v) is 12.9. The molecule has 0 radical (unpaired) electrons. The maximum atomic E-state index is 3.69. The number of aromatic nitrogens is 1. The van der Waals surface area contributed by atoms with Gasteiger partial charge in [-0.15, -0.1) is 0 Å². The van der Waals surface area contributed by atoms with E-state index in [0.717, 1.165) is 5.92 Å². The lowest BCUT2D eigenvalue weighted by atomic mass is 9.96. The molecule has 19 heavy (non-hydrogen) atoms. The van der Waals surface area contributed by atoms with E-state index in [-0.39, 0.29) is 0 Å². The van der Waals surface area contributed by atoms with Crippen LogP contribution in [0.4, 0.5) is 0 Å². The Morgan fingerprint density at radius 3 is 2.58 bits per heavy atom. The van der Waals surface area contributed by atoms with Crippen LogP contribution in [0.25, 0.3) is 0 Å². The van der Waals surface area contributed by atoms with Crippen molar-refractivity contribution in [3.63, 3.8) is 0 Å². The number of nitrogens with one attached hydrogen (secondary N) is 1. The van der Waals surface area contributed by atoms with Gasteiger partial charge in [-0.25, -0.2) is 0 Å². The van der Waals surface area contributed by atoms with Gasteiger partial charge in [0.05, 0.1) is 0 Å². The Morgan fingerprint density at radius 1 is 1.05 bits per heavy atom. The third-order valence-corrected chi connectivity index (χ3v) is 4.66. The van der Waals surface area contributed by atoms with Gasteiger partial charge in [0.1, 0.15) is 0 Å². The Kier molecular flexibility index (Phi) is 6.00. The van der Waals surface area contributed by atoms with E-state index in [9.17, 15) is 0 Å². The molecule has 0 fully saturated rings. The van der Waals surface area contributed by atoms with Crippen LogP contribution in [-0.2, 0) is 12.8 Å². The first-order valence-corrected chi connectivity index (χ1v) is 8.52. The maximum Gasteiger partial charge on any atom is 0.0181 e. The molecule has 108 valence electrons. The van der Waals surface area contributed by atoms with Crippen molar-refractivity contribution in [3.05, 3.63) is 23.0 Å². The van der Waals surface area contributed by atoms with E-state index in [1.807, 2.05) is 0 Å². The van der Waals surface area contributed by atoms with Crippen LogP contribution in [0.15, 0.2) is 6.07 Å². The molecule has 1 atom stereocenters. The highest BCUT2D eigenvalue weighted by atomic mass is 14.7. The Bertz CT molecular complexity index is 340. The summed E-state index contributed by atoms with van der Waals surface area (Å²) >= 11 is 0. The van der Waals surface area contributed by atoms with Crippen LogP contribution in [-0.4, -0.2) is 4.98 Å². The molecular weight excluding hydrogens is 230 g/mol. The summed E-state index contributed by atoms with van der Waals surface area (Å²) in [6.07, 6.45) is 15.1. The number of hydrogen-bond acceptors (Lipinski definition) is 0. The summed E-state index contributed by atoms with van der Waals surface area (Å²) in [5, 5.41) is 0. The van der Waals surface area contributed by atoms with E-state index in [1.165, 1.54) is 82.0 Å². The first kappa shape index (κ1) is 14.7. The van der Waals surface area contributed by atoms with Crippen molar-refractivity contribution in [2.24, 2.45) is 0 Å². The van der Waals surface area contributed by atoms with E-state index in [2.05, 4.69) is 24.9 Å². The molecule has 1 N–H and O–H groups in total. The van der Waals surface area contributed by atoms with Gasteiger partial charge in [-0.1, -0.05) is 52.4 Å². The fraction of sp³-hybridized carbons (Fsp3) is 0.778. The highest BCUT2D eigenvalue weighted by Gasteiger charge is 2.15. The normalized spacial score (nSPS) is 16.3. The minimum atomic E-state index is 0.719. The first-order valence-electron chi connectivity index (χ1n) is 8.52. The van der Waals surface area contributed by atoms with E-state index < -0.39 is 0 Å². The summed E-state index contributed by atoms with van der Waals surface area (Å²) < 4.78 is 0. The molecule has 1 heterocycles. The smallest absolute Gasteiger partial charge is 0.0181 e. The lowest BCUT2D eigenvalue weighted by Crippen LogP contribution is -1.99. The molecule has 2 rings (SSSR count). The number of fused-ring (bicyclic) bond motifs is 1. The average molecular weight is 261 g/mol. The van der Waals surface area contributed by atoms with Crippen molar-refractivity contribution >= 4 is 0 Å². The lowest BCUT2D eigenvalue weighted by molar-refractivity contribution is 0.552. The monoisotopic (exact) mass is 261 g/mol. The van der Waals surface area contributed by atoms with Crippen molar-refractivity contribution < 1.29 is 0 Å².